The van der Waals surface area contributed by atoms with Gasteiger partial charge in [-0.1, -0.05) is 41.5 Å². The van der Waals surface area contributed by atoms with Crippen LogP contribution >= 0.6 is 95.6 Å². The van der Waals surface area contributed by atoms with Gasteiger partial charge in [-0.15, -0.1) is 0 Å². The van der Waals surface area contributed by atoms with Crippen molar-refractivity contribution in [2.45, 2.75) is 57.0 Å². The maximum absolute atomic E-state index is 6.11. The van der Waals surface area contributed by atoms with Crippen molar-refractivity contribution in [3.8, 4) is 11.5 Å². The van der Waals surface area contributed by atoms with Crippen LogP contribution in [0.4, 0.5) is 0 Å². The van der Waals surface area contributed by atoms with Gasteiger partial charge in [0.15, 0.2) is 10.0 Å². The maximum Gasteiger partial charge on any atom is 0.155 e. The molecule has 2 unspecified atom stereocenters. The van der Waals surface area contributed by atoms with Gasteiger partial charge >= 0.3 is 0 Å². The molecule has 0 saturated carbocycles. The predicted octanol–water partition coefficient (Wildman–Crippen LogP) is 10.6. The van der Waals surface area contributed by atoms with Crippen molar-refractivity contribution in [1.29, 1.82) is 0 Å². The molecular formula is C23H26Br6O2. The Morgan fingerprint density at radius 3 is 1.10 bits per heavy atom. The minimum absolute atomic E-state index is 0.0671. The molecule has 0 aliphatic carbocycles. The molecule has 8 heteroatoms. The van der Waals surface area contributed by atoms with Crippen LogP contribution in [0.3, 0.4) is 0 Å². The molecule has 2 aromatic carbocycles. The summed E-state index contributed by atoms with van der Waals surface area (Å²) in [6.45, 7) is 12.9. The lowest BCUT2D eigenvalue weighted by molar-refractivity contribution is 0.240. The molecule has 0 fully saturated rings. The van der Waals surface area contributed by atoms with Gasteiger partial charge in [-0.05, 0) is 131 Å². The monoisotopic (exact) mass is 808 g/mol. The van der Waals surface area contributed by atoms with Crippen LogP contribution in [-0.2, 0) is 5.41 Å². The first-order valence-electron chi connectivity index (χ1n) is 9.86. The van der Waals surface area contributed by atoms with E-state index in [9.17, 15) is 0 Å². The Morgan fingerprint density at radius 1 is 0.613 bits per heavy atom. The molecule has 0 spiro atoms. The molecule has 2 rings (SSSR count). The van der Waals surface area contributed by atoms with Crippen LogP contribution in [0.15, 0.2) is 42.2 Å². The van der Waals surface area contributed by atoms with Crippen LogP contribution in [0.5, 0.6) is 11.5 Å². The van der Waals surface area contributed by atoms with Gasteiger partial charge in [-0.3, -0.25) is 0 Å². The van der Waals surface area contributed by atoms with Crippen molar-refractivity contribution in [3.05, 3.63) is 53.3 Å². The van der Waals surface area contributed by atoms with Gasteiger partial charge in [0.1, 0.15) is 11.5 Å². The Balaban J connectivity index is 2.43. The molecular weight excluding hydrogens is 788 g/mol. The average Bonchev–Trinajstić information content (AvgIpc) is 2.66. The van der Waals surface area contributed by atoms with E-state index in [0.717, 1.165) is 40.5 Å². The van der Waals surface area contributed by atoms with Crippen LogP contribution in [0.1, 0.15) is 52.7 Å². The minimum Gasteiger partial charge on any atom is -0.477 e. The third-order valence-electron chi connectivity index (χ3n) is 4.95. The smallest absolute Gasteiger partial charge is 0.155 e. The summed E-state index contributed by atoms with van der Waals surface area (Å²) >= 11 is 22.0. The molecule has 0 heterocycles. The molecule has 0 aliphatic rings. The summed E-state index contributed by atoms with van der Waals surface area (Å²) in [4.78, 5) is 0. The Bertz CT molecular complexity index is 807. The summed E-state index contributed by atoms with van der Waals surface area (Å²) in [5, 5.41) is -0.134. The summed E-state index contributed by atoms with van der Waals surface area (Å²) in [6, 6.07) is 8.50. The Morgan fingerprint density at radius 2 is 0.871 bits per heavy atom. The standard InChI is InChI=1S/C23H26Br6O2/c1-11(2)21(28)30-19-15(24)7-13(8-16(19)25)23(5,6)14-9-17(26)20(18(27)10-14)31-22(29)12(3)4/h7-12,21-22H,1-6H3. The second-order valence-electron chi connectivity index (χ2n) is 8.59. The van der Waals surface area contributed by atoms with Crippen molar-refractivity contribution in [3.63, 3.8) is 0 Å². The number of hydrogen-bond acceptors (Lipinski definition) is 2. The van der Waals surface area contributed by atoms with Gasteiger partial charge in [-0.25, -0.2) is 0 Å². The molecule has 172 valence electrons. The van der Waals surface area contributed by atoms with Gasteiger partial charge in [0, 0.05) is 17.3 Å². The molecule has 2 nitrogen and oxygen atoms in total. The number of rotatable bonds is 8. The topological polar surface area (TPSA) is 18.5 Å². The SMILES string of the molecule is CC(C)C(Br)Oc1c(Br)cc(C(C)(C)c2cc(Br)c(OC(Br)C(C)C)c(Br)c2)cc1Br. The first-order valence-corrected chi connectivity index (χ1v) is 14.9. The van der Waals surface area contributed by atoms with E-state index in [4.69, 9.17) is 9.47 Å². The third kappa shape index (κ3) is 6.97. The second-order valence-corrected chi connectivity index (χ2v) is 13.8. The van der Waals surface area contributed by atoms with Crippen molar-refractivity contribution < 1.29 is 9.47 Å². The minimum atomic E-state index is -0.259. The fourth-order valence-corrected chi connectivity index (χ4v) is 5.85. The Labute approximate surface area is 236 Å². The molecule has 0 aliphatic heterocycles. The fourth-order valence-electron chi connectivity index (χ4n) is 2.73. The van der Waals surface area contributed by atoms with Crippen LogP contribution in [0, 0.1) is 11.8 Å². The van der Waals surface area contributed by atoms with Crippen molar-refractivity contribution in [2.75, 3.05) is 0 Å². The van der Waals surface area contributed by atoms with Crippen molar-refractivity contribution in [1.82, 2.24) is 0 Å². The lowest BCUT2D eigenvalue weighted by Gasteiger charge is -2.29. The largest absolute Gasteiger partial charge is 0.477 e. The molecule has 0 bridgehead atoms. The summed E-state index contributed by atoms with van der Waals surface area (Å²) in [7, 11) is 0. The van der Waals surface area contributed by atoms with E-state index >= 15 is 0 Å². The zero-order valence-electron chi connectivity index (χ0n) is 18.2. The molecule has 31 heavy (non-hydrogen) atoms. The van der Waals surface area contributed by atoms with E-state index < -0.39 is 0 Å². The lowest BCUT2D eigenvalue weighted by Crippen LogP contribution is -2.21. The summed E-state index contributed by atoms with van der Waals surface area (Å²) in [6.07, 6.45) is 0. The molecule has 0 N–H and O–H groups in total. The first kappa shape index (κ1) is 28.2. The quantitative estimate of drug-likeness (QED) is 0.247. The Hall–Kier alpha value is 0.920. The normalized spacial score (nSPS) is 14.1. The fraction of sp³-hybridized carbons (Fsp3) is 0.478. The van der Waals surface area contributed by atoms with Gasteiger partial charge in [-0.2, -0.15) is 0 Å². The van der Waals surface area contributed by atoms with Crippen LogP contribution in [0.25, 0.3) is 0 Å². The van der Waals surface area contributed by atoms with E-state index in [-0.39, 0.29) is 15.4 Å². The van der Waals surface area contributed by atoms with Crippen molar-refractivity contribution >= 4 is 95.6 Å². The highest BCUT2D eigenvalue weighted by molar-refractivity contribution is 9.11. The Kier molecular flexibility index (Phi) is 10.5. The van der Waals surface area contributed by atoms with E-state index in [1.165, 1.54) is 0 Å². The van der Waals surface area contributed by atoms with Crippen LogP contribution in [-0.4, -0.2) is 10.0 Å². The van der Waals surface area contributed by atoms with Gasteiger partial charge < -0.3 is 9.47 Å². The molecule has 2 aromatic rings. The number of benzene rings is 2. The van der Waals surface area contributed by atoms with Gasteiger partial charge in [0.05, 0.1) is 17.9 Å². The maximum atomic E-state index is 6.11. The number of hydrogen-bond donors (Lipinski definition) is 0. The predicted molar refractivity (Wildman–Crippen MR) is 152 cm³/mol. The highest BCUT2D eigenvalue weighted by Crippen LogP contribution is 2.45. The van der Waals surface area contributed by atoms with Crippen LogP contribution < -0.4 is 9.47 Å². The molecule has 0 amide bonds. The number of halogens is 6. The highest BCUT2D eigenvalue weighted by atomic mass is 79.9. The van der Waals surface area contributed by atoms with E-state index in [0.29, 0.717) is 11.8 Å². The zero-order valence-corrected chi connectivity index (χ0v) is 27.7. The second kappa shape index (κ2) is 11.6. The number of ether oxygens (including phenoxy) is 2. The van der Waals surface area contributed by atoms with Gasteiger partial charge in [0.25, 0.3) is 0 Å². The lowest BCUT2D eigenvalue weighted by atomic mass is 9.78. The van der Waals surface area contributed by atoms with Crippen molar-refractivity contribution in [2.24, 2.45) is 11.8 Å². The summed E-state index contributed by atoms with van der Waals surface area (Å²) in [5.41, 5.74) is 2.05. The van der Waals surface area contributed by atoms with E-state index in [1.807, 2.05) is 0 Å². The van der Waals surface area contributed by atoms with Crippen LogP contribution in [0.2, 0.25) is 0 Å². The van der Waals surface area contributed by atoms with E-state index in [1.54, 1.807) is 0 Å². The molecule has 2 atom stereocenters. The van der Waals surface area contributed by atoms with Gasteiger partial charge in [0.2, 0.25) is 0 Å². The molecule has 0 aromatic heterocycles. The van der Waals surface area contributed by atoms with E-state index in [2.05, 4.69) is 161 Å². The highest BCUT2D eigenvalue weighted by Gasteiger charge is 2.28. The third-order valence-corrected chi connectivity index (χ3v) is 9.79. The number of alkyl halides is 2. The summed E-state index contributed by atoms with van der Waals surface area (Å²) < 4.78 is 15.9. The summed E-state index contributed by atoms with van der Waals surface area (Å²) in [5.74, 6) is 2.27. The zero-order chi connectivity index (χ0) is 23.7. The molecule has 0 radical (unpaired) electrons. The molecule has 0 saturated heterocycles. The average molecular weight is 814 g/mol. The first-order chi connectivity index (χ1) is 14.2.